The first kappa shape index (κ1) is 17.0. The van der Waals surface area contributed by atoms with Gasteiger partial charge in [0.25, 0.3) is 5.56 Å². The average molecular weight is 362 g/mol. The lowest BCUT2D eigenvalue weighted by molar-refractivity contribution is -0.122. The van der Waals surface area contributed by atoms with Crippen molar-refractivity contribution in [2.24, 2.45) is 0 Å². The first-order chi connectivity index (χ1) is 13.0. The van der Waals surface area contributed by atoms with E-state index in [2.05, 4.69) is 15.6 Å². The molecule has 27 heavy (non-hydrogen) atoms. The van der Waals surface area contributed by atoms with Gasteiger partial charge in [-0.15, -0.1) is 5.10 Å². The third kappa shape index (κ3) is 3.08. The van der Waals surface area contributed by atoms with Crippen LogP contribution in [-0.4, -0.2) is 20.9 Å². The molecule has 0 saturated carbocycles. The molecule has 0 aliphatic heterocycles. The number of amides is 1. The van der Waals surface area contributed by atoms with Gasteiger partial charge in [-0.1, -0.05) is 35.5 Å². The van der Waals surface area contributed by atoms with E-state index >= 15 is 0 Å². The minimum atomic E-state index is -0.344. The molecule has 0 saturated heterocycles. The van der Waals surface area contributed by atoms with Gasteiger partial charge in [-0.25, -0.2) is 4.68 Å². The van der Waals surface area contributed by atoms with Crippen LogP contribution in [0.2, 0.25) is 0 Å². The van der Waals surface area contributed by atoms with E-state index in [1.807, 2.05) is 38.1 Å². The van der Waals surface area contributed by atoms with E-state index in [0.29, 0.717) is 16.7 Å². The molecule has 2 aromatic heterocycles. The molecule has 0 aliphatic carbocycles. The van der Waals surface area contributed by atoms with Crippen molar-refractivity contribution in [1.29, 1.82) is 0 Å². The molecule has 7 nitrogen and oxygen atoms in total. The first-order valence-corrected chi connectivity index (χ1v) is 8.64. The zero-order valence-electron chi connectivity index (χ0n) is 15.0. The molecule has 0 fully saturated rings. The summed E-state index contributed by atoms with van der Waals surface area (Å²) in [4.78, 5) is 24.9. The van der Waals surface area contributed by atoms with Crippen LogP contribution in [-0.2, 0) is 11.3 Å². The van der Waals surface area contributed by atoms with Gasteiger partial charge in [0, 0.05) is 10.9 Å². The molecule has 4 aromatic rings. The van der Waals surface area contributed by atoms with Gasteiger partial charge in [0.1, 0.15) is 23.4 Å². The number of benzene rings is 2. The Morgan fingerprint density at radius 3 is 2.63 bits per heavy atom. The summed E-state index contributed by atoms with van der Waals surface area (Å²) in [6.07, 6.45) is 0. The number of carbonyl (C=O) groups excluding carboxylic acids is 1. The molecule has 0 aliphatic rings. The molecule has 0 spiro atoms. The third-order valence-corrected chi connectivity index (χ3v) is 4.57. The molecular formula is C20H18N4O3. The molecular weight excluding hydrogens is 344 g/mol. The minimum absolute atomic E-state index is 0.208. The van der Waals surface area contributed by atoms with Crippen LogP contribution < -0.4 is 10.9 Å². The highest BCUT2D eigenvalue weighted by Gasteiger charge is 2.19. The molecule has 1 unspecified atom stereocenters. The number of aromatic nitrogens is 3. The number of furan rings is 1. The van der Waals surface area contributed by atoms with Crippen molar-refractivity contribution >= 4 is 27.8 Å². The maximum atomic E-state index is 12.5. The van der Waals surface area contributed by atoms with Crippen LogP contribution in [0.5, 0.6) is 0 Å². The molecule has 1 atom stereocenters. The molecule has 2 aromatic carbocycles. The molecule has 1 amide bonds. The monoisotopic (exact) mass is 362 g/mol. The lowest BCUT2D eigenvalue weighted by atomic mass is 10.1. The second kappa shape index (κ2) is 6.68. The number of nitrogens with one attached hydrogen (secondary N) is 1. The summed E-state index contributed by atoms with van der Waals surface area (Å²) in [6.45, 7) is 3.60. The quantitative estimate of drug-likeness (QED) is 0.603. The summed E-state index contributed by atoms with van der Waals surface area (Å²) >= 11 is 0. The van der Waals surface area contributed by atoms with Gasteiger partial charge in [0.05, 0.1) is 11.4 Å². The third-order valence-electron chi connectivity index (χ3n) is 4.57. The SMILES string of the molecule is Cc1c(C(C)NC(=O)Cn2nnc3ccccc3c2=O)oc2ccccc12. The zero-order valence-corrected chi connectivity index (χ0v) is 15.0. The van der Waals surface area contributed by atoms with Crippen molar-refractivity contribution in [1.82, 2.24) is 20.3 Å². The second-order valence-corrected chi connectivity index (χ2v) is 6.45. The van der Waals surface area contributed by atoms with Crippen molar-refractivity contribution in [2.75, 3.05) is 0 Å². The number of carbonyl (C=O) groups is 1. The van der Waals surface area contributed by atoms with Crippen molar-refractivity contribution in [2.45, 2.75) is 26.4 Å². The van der Waals surface area contributed by atoms with Gasteiger partial charge in [0.2, 0.25) is 5.91 Å². The highest BCUT2D eigenvalue weighted by molar-refractivity contribution is 5.83. The second-order valence-electron chi connectivity index (χ2n) is 6.45. The fourth-order valence-electron chi connectivity index (χ4n) is 3.22. The fourth-order valence-corrected chi connectivity index (χ4v) is 3.22. The topological polar surface area (TPSA) is 90.0 Å². The standard InChI is InChI=1S/C20H18N4O3/c1-12-14-7-4-6-10-17(14)27-19(12)13(2)21-18(25)11-24-20(26)15-8-3-5-9-16(15)22-23-24/h3-10,13H,11H2,1-2H3,(H,21,25). The number of nitrogens with zero attached hydrogens (tertiary/aromatic N) is 3. The number of hydrogen-bond acceptors (Lipinski definition) is 5. The van der Waals surface area contributed by atoms with Crippen LogP contribution in [0.15, 0.2) is 57.7 Å². The normalized spacial score (nSPS) is 12.4. The Bertz CT molecular complexity index is 1210. The van der Waals surface area contributed by atoms with Gasteiger partial charge in [0.15, 0.2) is 0 Å². The Balaban J connectivity index is 1.54. The van der Waals surface area contributed by atoms with Gasteiger partial charge in [-0.05, 0) is 32.0 Å². The van der Waals surface area contributed by atoms with Gasteiger partial charge in [-0.2, -0.15) is 0 Å². The lowest BCUT2D eigenvalue weighted by Gasteiger charge is -2.13. The maximum Gasteiger partial charge on any atom is 0.278 e. The van der Waals surface area contributed by atoms with Crippen molar-refractivity contribution in [3.05, 3.63) is 70.2 Å². The lowest BCUT2D eigenvalue weighted by Crippen LogP contribution is -2.35. The Kier molecular flexibility index (Phi) is 4.19. The summed E-state index contributed by atoms with van der Waals surface area (Å²) in [5, 5.41) is 12.2. The fraction of sp³-hybridized carbons (Fsp3) is 0.200. The number of hydrogen-bond donors (Lipinski definition) is 1. The maximum absolute atomic E-state index is 12.5. The van der Waals surface area contributed by atoms with E-state index in [-0.39, 0.29) is 24.1 Å². The largest absolute Gasteiger partial charge is 0.459 e. The number of rotatable bonds is 4. The van der Waals surface area contributed by atoms with E-state index in [1.54, 1.807) is 24.3 Å². The first-order valence-electron chi connectivity index (χ1n) is 8.64. The van der Waals surface area contributed by atoms with Crippen molar-refractivity contribution < 1.29 is 9.21 Å². The molecule has 0 radical (unpaired) electrons. The smallest absolute Gasteiger partial charge is 0.278 e. The van der Waals surface area contributed by atoms with E-state index in [0.717, 1.165) is 21.2 Å². The molecule has 136 valence electrons. The van der Waals surface area contributed by atoms with Gasteiger partial charge >= 0.3 is 0 Å². The molecule has 1 N–H and O–H groups in total. The predicted octanol–water partition coefficient (Wildman–Crippen LogP) is 2.72. The Morgan fingerprint density at radius 1 is 1.15 bits per heavy atom. The molecule has 0 bridgehead atoms. The van der Waals surface area contributed by atoms with E-state index in [1.165, 1.54) is 0 Å². The minimum Gasteiger partial charge on any atom is -0.459 e. The van der Waals surface area contributed by atoms with Crippen LogP contribution >= 0.6 is 0 Å². The van der Waals surface area contributed by atoms with Crippen LogP contribution in [0.1, 0.15) is 24.3 Å². The summed E-state index contributed by atoms with van der Waals surface area (Å²) in [5.74, 6) is 0.357. The van der Waals surface area contributed by atoms with Crippen LogP contribution in [0.25, 0.3) is 21.9 Å². The van der Waals surface area contributed by atoms with Gasteiger partial charge in [-0.3, -0.25) is 9.59 Å². The highest BCUT2D eigenvalue weighted by Crippen LogP contribution is 2.29. The summed E-state index contributed by atoms with van der Waals surface area (Å²) < 4.78 is 6.95. The number of para-hydroxylation sites is 1. The van der Waals surface area contributed by atoms with Gasteiger partial charge < -0.3 is 9.73 Å². The predicted molar refractivity (Wildman–Crippen MR) is 101 cm³/mol. The molecule has 7 heteroatoms. The van der Waals surface area contributed by atoms with Crippen molar-refractivity contribution in [3.63, 3.8) is 0 Å². The Labute approximate surface area is 154 Å². The van der Waals surface area contributed by atoms with Crippen LogP contribution in [0, 0.1) is 6.92 Å². The summed E-state index contributed by atoms with van der Waals surface area (Å²) in [7, 11) is 0. The summed E-state index contributed by atoms with van der Waals surface area (Å²) in [5.41, 5.74) is 1.93. The van der Waals surface area contributed by atoms with E-state index in [4.69, 9.17) is 4.42 Å². The Hall–Kier alpha value is -3.48. The van der Waals surface area contributed by atoms with Crippen molar-refractivity contribution in [3.8, 4) is 0 Å². The van der Waals surface area contributed by atoms with Crippen LogP contribution in [0.3, 0.4) is 0 Å². The summed E-state index contributed by atoms with van der Waals surface area (Å²) in [6, 6.07) is 14.3. The average Bonchev–Trinajstić information content (AvgIpc) is 3.01. The van der Waals surface area contributed by atoms with Crippen LogP contribution in [0.4, 0.5) is 0 Å². The number of fused-ring (bicyclic) bond motifs is 2. The highest BCUT2D eigenvalue weighted by atomic mass is 16.3. The van der Waals surface area contributed by atoms with E-state index in [9.17, 15) is 9.59 Å². The van der Waals surface area contributed by atoms with E-state index < -0.39 is 0 Å². The Morgan fingerprint density at radius 2 is 1.85 bits per heavy atom. The molecule has 2 heterocycles. The number of aryl methyl sites for hydroxylation is 1. The zero-order chi connectivity index (χ0) is 19.0. The molecule has 4 rings (SSSR count).